The first-order valence-electron chi connectivity index (χ1n) is 9.68. The van der Waals surface area contributed by atoms with E-state index < -0.39 is 0 Å². The SMILES string of the molecule is COC(=O)COc1ccc(CN2CCN(C/C=C/c3ccccc3)CC2)cc1. The Hall–Kier alpha value is -2.63. The van der Waals surface area contributed by atoms with Gasteiger partial charge in [-0.2, -0.15) is 0 Å². The normalized spacial score (nSPS) is 15.6. The maximum Gasteiger partial charge on any atom is 0.343 e. The monoisotopic (exact) mass is 380 g/mol. The van der Waals surface area contributed by atoms with Crippen LogP contribution in [0.5, 0.6) is 5.75 Å². The molecule has 0 N–H and O–H groups in total. The Balaban J connectivity index is 1.38. The van der Waals surface area contributed by atoms with Gasteiger partial charge in [-0.05, 0) is 23.3 Å². The van der Waals surface area contributed by atoms with E-state index in [0.717, 1.165) is 39.3 Å². The van der Waals surface area contributed by atoms with Crippen LogP contribution in [0.3, 0.4) is 0 Å². The van der Waals surface area contributed by atoms with Crippen molar-refractivity contribution in [1.29, 1.82) is 0 Å². The highest BCUT2D eigenvalue weighted by molar-refractivity contribution is 5.70. The molecule has 0 aliphatic carbocycles. The molecule has 0 atom stereocenters. The number of carbonyl (C=O) groups is 1. The quantitative estimate of drug-likeness (QED) is 0.659. The first kappa shape index (κ1) is 20.1. The van der Waals surface area contributed by atoms with E-state index in [9.17, 15) is 4.79 Å². The highest BCUT2D eigenvalue weighted by Crippen LogP contribution is 2.15. The fourth-order valence-electron chi connectivity index (χ4n) is 3.18. The number of hydrogen-bond donors (Lipinski definition) is 0. The molecule has 148 valence electrons. The molecule has 2 aromatic carbocycles. The Morgan fingerprint density at radius 3 is 2.32 bits per heavy atom. The van der Waals surface area contributed by atoms with Crippen LogP contribution in [0.25, 0.3) is 6.08 Å². The summed E-state index contributed by atoms with van der Waals surface area (Å²) in [5.41, 5.74) is 2.50. The van der Waals surface area contributed by atoms with Crippen molar-refractivity contribution in [2.45, 2.75) is 6.54 Å². The van der Waals surface area contributed by atoms with Crippen molar-refractivity contribution >= 4 is 12.0 Å². The summed E-state index contributed by atoms with van der Waals surface area (Å²) in [5.74, 6) is 0.310. The van der Waals surface area contributed by atoms with E-state index >= 15 is 0 Å². The van der Waals surface area contributed by atoms with Gasteiger partial charge in [-0.25, -0.2) is 4.79 Å². The van der Waals surface area contributed by atoms with E-state index in [1.165, 1.54) is 18.2 Å². The number of rotatable bonds is 8. The highest BCUT2D eigenvalue weighted by Gasteiger charge is 2.16. The lowest BCUT2D eigenvalue weighted by Gasteiger charge is -2.34. The summed E-state index contributed by atoms with van der Waals surface area (Å²) in [5, 5.41) is 0. The molecule has 1 saturated heterocycles. The van der Waals surface area contributed by atoms with Crippen LogP contribution in [0, 0.1) is 0 Å². The molecule has 1 aliphatic rings. The minimum absolute atomic E-state index is 0.0590. The first-order valence-corrected chi connectivity index (χ1v) is 9.68. The molecule has 3 rings (SSSR count). The summed E-state index contributed by atoms with van der Waals surface area (Å²) in [4.78, 5) is 16.1. The molecule has 0 radical (unpaired) electrons. The van der Waals surface area contributed by atoms with E-state index in [4.69, 9.17) is 4.74 Å². The van der Waals surface area contributed by atoms with Gasteiger partial charge in [-0.1, -0.05) is 54.6 Å². The Morgan fingerprint density at radius 1 is 0.964 bits per heavy atom. The summed E-state index contributed by atoms with van der Waals surface area (Å²) < 4.78 is 9.96. The lowest BCUT2D eigenvalue weighted by Crippen LogP contribution is -2.45. The van der Waals surface area contributed by atoms with Gasteiger partial charge in [0.15, 0.2) is 6.61 Å². The molecule has 2 aromatic rings. The van der Waals surface area contributed by atoms with Crippen molar-refractivity contribution in [2.75, 3.05) is 46.4 Å². The molecule has 0 spiro atoms. The maximum absolute atomic E-state index is 11.1. The van der Waals surface area contributed by atoms with E-state index in [1.807, 2.05) is 18.2 Å². The predicted octanol–water partition coefficient (Wildman–Crippen LogP) is 3.07. The van der Waals surface area contributed by atoms with Crippen LogP contribution in [0.4, 0.5) is 0 Å². The molecule has 0 unspecified atom stereocenters. The molecule has 0 aromatic heterocycles. The van der Waals surface area contributed by atoms with Crippen LogP contribution in [0.1, 0.15) is 11.1 Å². The third-order valence-corrected chi connectivity index (χ3v) is 4.85. The number of esters is 1. The first-order chi connectivity index (χ1) is 13.7. The van der Waals surface area contributed by atoms with Crippen molar-refractivity contribution < 1.29 is 14.3 Å². The summed E-state index contributed by atoms with van der Waals surface area (Å²) in [6.07, 6.45) is 4.44. The van der Waals surface area contributed by atoms with Crippen molar-refractivity contribution in [3.63, 3.8) is 0 Å². The van der Waals surface area contributed by atoms with Crippen LogP contribution in [-0.2, 0) is 16.1 Å². The van der Waals surface area contributed by atoms with Gasteiger partial charge >= 0.3 is 5.97 Å². The number of ether oxygens (including phenoxy) is 2. The van der Waals surface area contributed by atoms with E-state index in [1.54, 1.807) is 0 Å². The van der Waals surface area contributed by atoms with Gasteiger partial charge in [0, 0.05) is 39.3 Å². The second kappa shape index (κ2) is 10.6. The molecule has 5 nitrogen and oxygen atoms in total. The third-order valence-electron chi connectivity index (χ3n) is 4.85. The Bertz CT molecular complexity index is 751. The fraction of sp³-hybridized carbons (Fsp3) is 0.348. The van der Waals surface area contributed by atoms with Crippen molar-refractivity contribution in [2.24, 2.45) is 0 Å². The van der Waals surface area contributed by atoms with Gasteiger partial charge in [0.1, 0.15) is 5.75 Å². The van der Waals surface area contributed by atoms with Gasteiger partial charge in [0.2, 0.25) is 0 Å². The molecule has 5 heteroatoms. The zero-order valence-electron chi connectivity index (χ0n) is 16.4. The number of nitrogens with zero attached hydrogens (tertiary/aromatic N) is 2. The fourth-order valence-corrected chi connectivity index (χ4v) is 3.18. The summed E-state index contributed by atoms with van der Waals surface area (Å²) >= 11 is 0. The molecule has 0 amide bonds. The van der Waals surface area contributed by atoms with Gasteiger partial charge in [0.25, 0.3) is 0 Å². The number of hydrogen-bond acceptors (Lipinski definition) is 5. The smallest absolute Gasteiger partial charge is 0.343 e. The molecule has 1 fully saturated rings. The van der Waals surface area contributed by atoms with Gasteiger partial charge in [0.05, 0.1) is 7.11 Å². The van der Waals surface area contributed by atoms with E-state index in [0.29, 0.717) is 5.75 Å². The van der Waals surface area contributed by atoms with Crippen LogP contribution in [0.15, 0.2) is 60.7 Å². The van der Waals surface area contributed by atoms with E-state index in [-0.39, 0.29) is 12.6 Å². The zero-order chi connectivity index (χ0) is 19.6. The lowest BCUT2D eigenvalue weighted by atomic mass is 10.2. The minimum Gasteiger partial charge on any atom is -0.482 e. The van der Waals surface area contributed by atoms with Gasteiger partial charge in [-0.3, -0.25) is 9.80 Å². The maximum atomic E-state index is 11.1. The predicted molar refractivity (Wildman–Crippen MR) is 111 cm³/mol. The van der Waals surface area contributed by atoms with E-state index in [2.05, 4.69) is 63.1 Å². The molecule has 0 bridgehead atoms. The Labute approximate surface area is 167 Å². The third kappa shape index (κ3) is 6.51. The topological polar surface area (TPSA) is 42.0 Å². The molecule has 0 saturated carbocycles. The largest absolute Gasteiger partial charge is 0.482 e. The number of methoxy groups -OCH3 is 1. The average Bonchev–Trinajstić information content (AvgIpc) is 2.75. The summed E-state index contributed by atoms with van der Waals surface area (Å²) in [6, 6.07) is 18.3. The Morgan fingerprint density at radius 2 is 1.64 bits per heavy atom. The van der Waals surface area contributed by atoms with Crippen molar-refractivity contribution in [3.05, 3.63) is 71.8 Å². The Kier molecular flexibility index (Phi) is 7.64. The minimum atomic E-state index is -0.374. The second-order valence-electron chi connectivity index (χ2n) is 6.90. The van der Waals surface area contributed by atoms with Crippen LogP contribution in [0.2, 0.25) is 0 Å². The molecular formula is C23H28N2O3. The van der Waals surface area contributed by atoms with Crippen molar-refractivity contribution in [1.82, 2.24) is 9.80 Å². The van der Waals surface area contributed by atoms with Gasteiger partial charge < -0.3 is 9.47 Å². The second-order valence-corrected chi connectivity index (χ2v) is 6.90. The van der Waals surface area contributed by atoms with Crippen molar-refractivity contribution in [3.8, 4) is 5.75 Å². The van der Waals surface area contributed by atoms with Crippen LogP contribution < -0.4 is 4.74 Å². The lowest BCUT2D eigenvalue weighted by molar-refractivity contribution is -0.142. The van der Waals surface area contributed by atoms with Crippen LogP contribution in [-0.4, -0.2) is 62.2 Å². The average molecular weight is 380 g/mol. The van der Waals surface area contributed by atoms with Gasteiger partial charge in [-0.15, -0.1) is 0 Å². The summed E-state index contributed by atoms with van der Waals surface area (Å²) in [7, 11) is 1.36. The molecule has 1 aliphatic heterocycles. The molecular weight excluding hydrogens is 352 g/mol. The van der Waals surface area contributed by atoms with Crippen LogP contribution >= 0.6 is 0 Å². The molecule has 28 heavy (non-hydrogen) atoms. The zero-order valence-corrected chi connectivity index (χ0v) is 16.4. The number of piperazine rings is 1. The number of benzene rings is 2. The number of carbonyl (C=O) groups excluding carboxylic acids is 1. The summed E-state index contributed by atoms with van der Waals surface area (Å²) in [6.45, 7) is 6.18. The molecule has 1 heterocycles. The highest BCUT2D eigenvalue weighted by atomic mass is 16.6. The standard InChI is InChI=1S/C23H28N2O3/c1-27-23(26)19-28-22-11-9-21(10-12-22)18-25-16-14-24(15-17-25)13-5-8-20-6-3-2-4-7-20/h2-12H,13-19H2,1H3/b8-5+.